The van der Waals surface area contributed by atoms with Crippen LogP contribution in [0.1, 0.15) is 36.5 Å². The number of hydrogen-bond donors (Lipinski definition) is 3. The number of benzene rings is 2. The molecule has 0 saturated heterocycles. The first kappa shape index (κ1) is 25.0. The van der Waals surface area contributed by atoms with Crippen molar-refractivity contribution >= 4 is 33.0 Å². The molecule has 1 unspecified atom stereocenters. The SMILES string of the molecule is C[C@H]1CC2C[C@@H](S(=O)(=O)c3cc(C(=O)Nc4cc(F)c(F)c(F)c4)ccc3Cl)C[C@H]1[C@@]2(O)CN. The highest BCUT2D eigenvalue weighted by atomic mass is 35.5. The monoisotopic (exact) mass is 516 g/mol. The third kappa shape index (κ3) is 4.10. The third-order valence-electron chi connectivity index (χ3n) is 7.26. The molecule has 5 atom stereocenters. The lowest BCUT2D eigenvalue weighted by molar-refractivity contribution is -0.0549. The van der Waals surface area contributed by atoms with Gasteiger partial charge in [-0.25, -0.2) is 21.6 Å². The molecule has 2 aromatic rings. The molecule has 34 heavy (non-hydrogen) atoms. The summed E-state index contributed by atoms with van der Waals surface area (Å²) in [4.78, 5) is 12.4. The number of hydrogen-bond acceptors (Lipinski definition) is 5. The molecule has 11 heteroatoms. The van der Waals surface area contributed by atoms with Gasteiger partial charge in [-0.2, -0.15) is 0 Å². The van der Waals surface area contributed by atoms with Crippen LogP contribution in [-0.2, 0) is 9.84 Å². The van der Waals surface area contributed by atoms with Gasteiger partial charge in [0.05, 0.1) is 20.8 Å². The van der Waals surface area contributed by atoms with E-state index in [0.29, 0.717) is 18.6 Å². The predicted octanol–water partition coefficient (Wildman–Crippen LogP) is 3.91. The molecule has 4 N–H and O–H groups in total. The molecule has 2 fully saturated rings. The third-order valence-corrected chi connectivity index (χ3v) is 9.92. The normalized spacial score (nSPS) is 28.7. The highest BCUT2D eigenvalue weighted by Gasteiger charge is 2.57. The van der Waals surface area contributed by atoms with Gasteiger partial charge in [0.1, 0.15) is 0 Å². The average molecular weight is 517 g/mol. The van der Waals surface area contributed by atoms with Gasteiger partial charge < -0.3 is 16.2 Å². The molecule has 2 aliphatic rings. The van der Waals surface area contributed by atoms with E-state index in [4.69, 9.17) is 17.3 Å². The number of anilines is 1. The number of nitrogens with two attached hydrogens (primary N) is 1. The van der Waals surface area contributed by atoms with E-state index in [1.54, 1.807) is 0 Å². The summed E-state index contributed by atoms with van der Waals surface area (Å²) >= 11 is 6.20. The number of rotatable bonds is 5. The number of amides is 1. The lowest BCUT2D eigenvalue weighted by atomic mass is 9.73. The van der Waals surface area contributed by atoms with Gasteiger partial charge in [0, 0.05) is 29.9 Å². The van der Waals surface area contributed by atoms with Crippen LogP contribution in [0, 0.1) is 35.2 Å². The summed E-state index contributed by atoms with van der Waals surface area (Å²) in [5.74, 6) is -5.91. The quantitative estimate of drug-likeness (QED) is 0.522. The highest BCUT2D eigenvalue weighted by Crippen LogP contribution is 2.54. The zero-order valence-corrected chi connectivity index (χ0v) is 19.8. The first-order chi connectivity index (χ1) is 15.9. The lowest BCUT2D eigenvalue weighted by Crippen LogP contribution is -2.53. The predicted molar refractivity (Wildman–Crippen MR) is 121 cm³/mol. The molecule has 0 spiro atoms. The molecule has 0 aromatic heterocycles. The molecular formula is C23H24ClF3N2O4S. The van der Waals surface area contributed by atoms with Gasteiger partial charge in [-0.3, -0.25) is 4.79 Å². The first-order valence-electron chi connectivity index (χ1n) is 10.8. The van der Waals surface area contributed by atoms with Crippen LogP contribution in [0.25, 0.3) is 0 Å². The van der Waals surface area contributed by atoms with E-state index in [1.807, 2.05) is 6.92 Å². The number of carbonyl (C=O) groups excluding carboxylic acids is 1. The minimum Gasteiger partial charge on any atom is -0.388 e. The van der Waals surface area contributed by atoms with E-state index in [2.05, 4.69) is 5.32 Å². The van der Waals surface area contributed by atoms with E-state index >= 15 is 0 Å². The molecule has 2 bridgehead atoms. The molecule has 0 radical (unpaired) electrons. The maximum absolute atomic E-state index is 13.5. The Hall–Kier alpha value is -2.14. The standard InChI is InChI=1S/C23H24ClF3N2O4S/c1-11-4-13-6-15(9-16(11)23(13,31)10-28)34(32,33)20-5-12(2-3-17(20)24)22(30)29-14-7-18(25)21(27)19(26)8-14/h2-3,5,7-8,11,13,15-16,31H,4,6,9-10,28H2,1H3,(H,29,30)/t11-,13?,15+,16+,23+/m0/s1. The van der Waals surface area contributed by atoms with Crippen molar-refractivity contribution in [2.24, 2.45) is 23.5 Å². The second kappa shape index (κ2) is 8.82. The van der Waals surface area contributed by atoms with Crippen LogP contribution in [0.2, 0.25) is 5.02 Å². The molecule has 0 aliphatic heterocycles. The van der Waals surface area contributed by atoms with Crippen molar-refractivity contribution in [2.75, 3.05) is 11.9 Å². The number of nitrogens with one attached hydrogen (secondary N) is 1. The van der Waals surface area contributed by atoms with Crippen molar-refractivity contribution in [1.82, 2.24) is 0 Å². The van der Waals surface area contributed by atoms with Gasteiger partial charge >= 0.3 is 0 Å². The van der Waals surface area contributed by atoms with E-state index in [-0.39, 0.29) is 58.3 Å². The lowest BCUT2D eigenvalue weighted by Gasteiger charge is -2.42. The Balaban J connectivity index is 1.61. The number of sulfone groups is 1. The summed E-state index contributed by atoms with van der Waals surface area (Å²) < 4.78 is 67.1. The summed E-state index contributed by atoms with van der Waals surface area (Å²) in [6.45, 7) is 2.03. The van der Waals surface area contributed by atoms with Crippen LogP contribution in [0.4, 0.5) is 18.9 Å². The Morgan fingerprint density at radius 2 is 1.82 bits per heavy atom. The summed E-state index contributed by atoms with van der Waals surface area (Å²) in [6, 6.07) is 4.86. The molecule has 4 rings (SSSR count). The second-order valence-corrected chi connectivity index (χ2v) is 11.8. The molecule has 1 amide bonds. The maximum atomic E-state index is 13.5. The van der Waals surface area contributed by atoms with Crippen molar-refractivity contribution in [3.8, 4) is 0 Å². The minimum atomic E-state index is -3.98. The van der Waals surface area contributed by atoms with Gasteiger partial charge in [0.25, 0.3) is 5.91 Å². The average Bonchev–Trinajstić information content (AvgIpc) is 2.90. The van der Waals surface area contributed by atoms with Crippen LogP contribution >= 0.6 is 11.6 Å². The van der Waals surface area contributed by atoms with Crippen molar-refractivity contribution in [1.29, 1.82) is 0 Å². The number of halogens is 4. The zero-order valence-electron chi connectivity index (χ0n) is 18.2. The first-order valence-corrected chi connectivity index (χ1v) is 12.7. The summed E-state index contributed by atoms with van der Waals surface area (Å²) in [6.07, 6.45) is 1.11. The molecule has 2 saturated carbocycles. The van der Waals surface area contributed by atoms with Gasteiger partial charge in [-0.05, 0) is 55.2 Å². The fourth-order valence-electron chi connectivity index (χ4n) is 5.49. The van der Waals surface area contributed by atoms with Crippen molar-refractivity contribution < 1.29 is 31.5 Å². The largest absolute Gasteiger partial charge is 0.388 e. The van der Waals surface area contributed by atoms with Gasteiger partial charge in [-0.15, -0.1) is 0 Å². The summed E-state index contributed by atoms with van der Waals surface area (Å²) in [5, 5.41) is 12.3. The molecule has 6 nitrogen and oxygen atoms in total. The van der Waals surface area contributed by atoms with Gasteiger partial charge in [0.2, 0.25) is 0 Å². The van der Waals surface area contributed by atoms with Gasteiger partial charge in [-0.1, -0.05) is 18.5 Å². The molecule has 2 aromatic carbocycles. The van der Waals surface area contributed by atoms with Crippen LogP contribution in [-0.4, -0.2) is 36.8 Å². The van der Waals surface area contributed by atoms with Gasteiger partial charge in [0.15, 0.2) is 27.3 Å². The summed E-state index contributed by atoms with van der Waals surface area (Å²) in [7, 11) is -3.98. The fraction of sp³-hybridized carbons (Fsp3) is 0.435. The number of aliphatic hydroxyl groups is 1. The van der Waals surface area contributed by atoms with E-state index in [9.17, 15) is 31.5 Å². The molecular weight excluding hydrogens is 493 g/mol. The van der Waals surface area contributed by atoms with Crippen LogP contribution in [0.3, 0.4) is 0 Å². The van der Waals surface area contributed by atoms with Crippen LogP contribution in [0.15, 0.2) is 35.2 Å². The zero-order chi connectivity index (χ0) is 25.0. The molecule has 0 heterocycles. The fourth-order valence-corrected chi connectivity index (χ4v) is 7.87. The number of fused-ring (bicyclic) bond motifs is 2. The van der Waals surface area contributed by atoms with Crippen molar-refractivity contribution in [3.63, 3.8) is 0 Å². The Morgan fingerprint density at radius 1 is 1.18 bits per heavy atom. The minimum absolute atomic E-state index is 0.0560. The van der Waals surface area contributed by atoms with E-state index in [0.717, 1.165) is 6.07 Å². The van der Waals surface area contributed by atoms with Crippen LogP contribution < -0.4 is 11.1 Å². The van der Waals surface area contributed by atoms with Crippen LogP contribution in [0.5, 0.6) is 0 Å². The Kier molecular flexibility index (Phi) is 6.48. The maximum Gasteiger partial charge on any atom is 0.255 e. The Labute approximate surface area is 200 Å². The molecule has 184 valence electrons. The highest BCUT2D eigenvalue weighted by molar-refractivity contribution is 7.92. The Bertz CT molecular complexity index is 1240. The van der Waals surface area contributed by atoms with E-state index in [1.165, 1.54) is 12.1 Å². The Morgan fingerprint density at radius 3 is 2.41 bits per heavy atom. The van der Waals surface area contributed by atoms with E-state index < -0.39 is 44.0 Å². The second-order valence-electron chi connectivity index (χ2n) is 9.20. The van der Waals surface area contributed by atoms with Crippen molar-refractivity contribution in [2.45, 2.75) is 41.9 Å². The summed E-state index contributed by atoms with van der Waals surface area (Å²) in [5.41, 5.74) is 4.27. The topological polar surface area (TPSA) is 109 Å². The smallest absolute Gasteiger partial charge is 0.255 e. The number of carbonyl (C=O) groups is 1. The van der Waals surface area contributed by atoms with Crippen molar-refractivity contribution in [3.05, 3.63) is 58.4 Å². The molecule has 2 aliphatic carbocycles.